The number of hydrogen-bond acceptors (Lipinski definition) is 4. The molecule has 0 aliphatic heterocycles. The van der Waals surface area contributed by atoms with Crippen molar-refractivity contribution in [3.05, 3.63) is 12.2 Å². The molecule has 1 aromatic heterocycles. The van der Waals surface area contributed by atoms with Crippen LogP contribution < -0.4 is 5.32 Å². The summed E-state index contributed by atoms with van der Waals surface area (Å²) in [7, 11) is -0.851. The van der Waals surface area contributed by atoms with Gasteiger partial charge in [-0.1, -0.05) is 6.92 Å². The van der Waals surface area contributed by atoms with Crippen molar-refractivity contribution in [2.24, 2.45) is 0 Å². The molecule has 1 atom stereocenters. The van der Waals surface area contributed by atoms with Gasteiger partial charge in [0.25, 0.3) is 5.91 Å². The summed E-state index contributed by atoms with van der Waals surface area (Å²) in [5, 5.41) is 8.57. The van der Waals surface area contributed by atoms with Crippen molar-refractivity contribution in [2.45, 2.75) is 6.92 Å². The number of H-pyrrole nitrogens is 1. The number of rotatable bonds is 5. The molecule has 0 saturated carbocycles. The van der Waals surface area contributed by atoms with E-state index < -0.39 is 10.8 Å². The molecule has 1 amide bonds. The van der Waals surface area contributed by atoms with Crippen molar-refractivity contribution in [1.82, 2.24) is 20.5 Å². The zero-order valence-electron chi connectivity index (χ0n) is 7.82. The van der Waals surface area contributed by atoms with Crippen molar-refractivity contribution in [2.75, 3.05) is 18.1 Å². The molecule has 0 bridgehead atoms. The zero-order chi connectivity index (χ0) is 10.4. The smallest absolute Gasteiger partial charge is 0.288 e. The predicted octanol–water partition coefficient (Wildman–Crippen LogP) is -0.697. The second-order valence-electron chi connectivity index (χ2n) is 2.52. The van der Waals surface area contributed by atoms with E-state index in [0.717, 1.165) is 0 Å². The SMILES string of the molecule is CCS(=O)CCNC(=O)c1ncn[nH]1. The van der Waals surface area contributed by atoms with Crippen LogP contribution in [0.15, 0.2) is 6.33 Å². The molecular formula is C7H12N4O2S. The molecule has 0 aliphatic carbocycles. The van der Waals surface area contributed by atoms with E-state index in [4.69, 9.17) is 0 Å². The van der Waals surface area contributed by atoms with E-state index in [1.54, 1.807) is 0 Å². The number of carbonyl (C=O) groups excluding carboxylic acids is 1. The van der Waals surface area contributed by atoms with Gasteiger partial charge in [-0.2, -0.15) is 5.10 Å². The summed E-state index contributed by atoms with van der Waals surface area (Å²) >= 11 is 0. The maximum absolute atomic E-state index is 11.2. The van der Waals surface area contributed by atoms with Gasteiger partial charge in [0.15, 0.2) is 0 Å². The van der Waals surface area contributed by atoms with Crippen molar-refractivity contribution in [3.8, 4) is 0 Å². The first-order valence-corrected chi connectivity index (χ1v) is 5.71. The molecule has 0 saturated heterocycles. The number of nitrogens with one attached hydrogen (secondary N) is 2. The van der Waals surface area contributed by atoms with E-state index in [1.807, 2.05) is 6.92 Å². The molecule has 0 aliphatic rings. The Morgan fingerprint density at radius 3 is 3.07 bits per heavy atom. The first-order valence-electron chi connectivity index (χ1n) is 4.22. The fraction of sp³-hybridized carbons (Fsp3) is 0.571. The molecule has 1 unspecified atom stereocenters. The maximum Gasteiger partial charge on any atom is 0.288 e. The molecule has 2 N–H and O–H groups in total. The summed E-state index contributed by atoms with van der Waals surface area (Å²) in [6.45, 7) is 2.23. The van der Waals surface area contributed by atoms with Gasteiger partial charge >= 0.3 is 0 Å². The predicted molar refractivity (Wildman–Crippen MR) is 52.3 cm³/mol. The van der Waals surface area contributed by atoms with E-state index in [1.165, 1.54) is 6.33 Å². The van der Waals surface area contributed by atoms with Crippen LogP contribution in [0.2, 0.25) is 0 Å². The Bertz CT molecular complexity index is 311. The lowest BCUT2D eigenvalue weighted by molar-refractivity contribution is 0.0946. The highest BCUT2D eigenvalue weighted by Crippen LogP contribution is 1.85. The van der Waals surface area contributed by atoms with Crippen LogP contribution in [0.5, 0.6) is 0 Å². The summed E-state index contributed by atoms with van der Waals surface area (Å²) in [5.41, 5.74) is 0. The summed E-state index contributed by atoms with van der Waals surface area (Å²) in [6.07, 6.45) is 1.26. The van der Waals surface area contributed by atoms with Gasteiger partial charge in [-0.25, -0.2) is 4.98 Å². The minimum atomic E-state index is -0.851. The van der Waals surface area contributed by atoms with Crippen molar-refractivity contribution >= 4 is 16.7 Å². The molecular weight excluding hydrogens is 204 g/mol. The molecule has 0 radical (unpaired) electrons. The van der Waals surface area contributed by atoms with Crippen LogP contribution in [0, 0.1) is 0 Å². The van der Waals surface area contributed by atoms with Crippen LogP contribution in [0.4, 0.5) is 0 Å². The number of aromatic amines is 1. The number of nitrogens with zero attached hydrogens (tertiary/aromatic N) is 2. The Morgan fingerprint density at radius 1 is 1.71 bits per heavy atom. The second-order valence-corrected chi connectivity index (χ2v) is 4.39. The van der Waals surface area contributed by atoms with Gasteiger partial charge in [0.05, 0.1) is 0 Å². The Balaban J connectivity index is 2.26. The molecule has 1 aromatic rings. The van der Waals surface area contributed by atoms with Crippen LogP contribution in [0.25, 0.3) is 0 Å². The minimum absolute atomic E-state index is 0.173. The van der Waals surface area contributed by atoms with E-state index in [-0.39, 0.29) is 11.7 Å². The van der Waals surface area contributed by atoms with Gasteiger partial charge < -0.3 is 5.32 Å². The van der Waals surface area contributed by atoms with E-state index in [9.17, 15) is 9.00 Å². The van der Waals surface area contributed by atoms with Crippen LogP contribution in [0.1, 0.15) is 17.5 Å². The lowest BCUT2D eigenvalue weighted by atomic mass is 10.5. The number of amides is 1. The van der Waals surface area contributed by atoms with E-state index in [0.29, 0.717) is 18.1 Å². The average Bonchev–Trinajstić information content (AvgIpc) is 2.70. The quantitative estimate of drug-likeness (QED) is 0.681. The van der Waals surface area contributed by atoms with Gasteiger partial charge in [0, 0.05) is 28.9 Å². The first-order chi connectivity index (χ1) is 6.74. The molecule has 0 spiro atoms. The lowest BCUT2D eigenvalue weighted by Crippen LogP contribution is -2.28. The maximum atomic E-state index is 11.2. The Hall–Kier alpha value is -1.24. The molecule has 14 heavy (non-hydrogen) atoms. The Kier molecular flexibility index (Phi) is 4.24. The zero-order valence-corrected chi connectivity index (χ0v) is 8.63. The molecule has 0 aromatic carbocycles. The molecule has 7 heteroatoms. The second kappa shape index (κ2) is 5.48. The van der Waals surface area contributed by atoms with Crippen LogP contribution in [0.3, 0.4) is 0 Å². The summed E-state index contributed by atoms with van der Waals surface area (Å²) in [4.78, 5) is 14.9. The molecule has 78 valence electrons. The fourth-order valence-corrected chi connectivity index (χ4v) is 1.44. The molecule has 1 rings (SSSR count). The lowest BCUT2D eigenvalue weighted by Gasteiger charge is -2.01. The van der Waals surface area contributed by atoms with Gasteiger partial charge in [0.1, 0.15) is 6.33 Å². The standard InChI is InChI=1S/C7H12N4O2S/c1-2-14(13)4-3-8-7(12)6-9-5-10-11-6/h5H,2-4H2,1H3,(H,8,12)(H,9,10,11). The number of hydrogen-bond donors (Lipinski definition) is 2. The fourth-order valence-electron chi connectivity index (χ4n) is 0.821. The highest BCUT2D eigenvalue weighted by atomic mass is 32.2. The largest absolute Gasteiger partial charge is 0.348 e. The Labute approximate surface area is 84.0 Å². The number of carbonyl (C=O) groups is 1. The van der Waals surface area contributed by atoms with E-state index in [2.05, 4.69) is 20.5 Å². The normalized spacial score (nSPS) is 12.4. The molecule has 0 fully saturated rings. The molecule has 1 heterocycles. The molecule has 6 nitrogen and oxygen atoms in total. The van der Waals surface area contributed by atoms with Gasteiger partial charge in [-0.05, 0) is 0 Å². The van der Waals surface area contributed by atoms with Gasteiger partial charge in [0.2, 0.25) is 5.82 Å². The van der Waals surface area contributed by atoms with E-state index >= 15 is 0 Å². The van der Waals surface area contributed by atoms with Crippen molar-refractivity contribution in [3.63, 3.8) is 0 Å². The first kappa shape index (κ1) is 10.8. The van der Waals surface area contributed by atoms with Gasteiger partial charge in [-0.3, -0.25) is 14.1 Å². The topological polar surface area (TPSA) is 87.7 Å². The Morgan fingerprint density at radius 2 is 2.50 bits per heavy atom. The van der Waals surface area contributed by atoms with Crippen LogP contribution in [-0.2, 0) is 10.8 Å². The third-order valence-corrected chi connectivity index (χ3v) is 2.87. The highest BCUT2D eigenvalue weighted by Gasteiger charge is 2.07. The van der Waals surface area contributed by atoms with Gasteiger partial charge in [-0.15, -0.1) is 0 Å². The third kappa shape index (κ3) is 3.25. The number of aromatic nitrogens is 3. The minimum Gasteiger partial charge on any atom is -0.348 e. The third-order valence-electron chi connectivity index (χ3n) is 1.57. The average molecular weight is 216 g/mol. The van der Waals surface area contributed by atoms with Crippen LogP contribution >= 0.6 is 0 Å². The van der Waals surface area contributed by atoms with Crippen molar-refractivity contribution in [1.29, 1.82) is 0 Å². The summed E-state index contributed by atoms with van der Waals surface area (Å²) in [5.74, 6) is 0.928. The summed E-state index contributed by atoms with van der Waals surface area (Å²) in [6, 6.07) is 0. The van der Waals surface area contributed by atoms with Crippen molar-refractivity contribution < 1.29 is 9.00 Å². The highest BCUT2D eigenvalue weighted by molar-refractivity contribution is 7.84. The monoisotopic (exact) mass is 216 g/mol. The summed E-state index contributed by atoms with van der Waals surface area (Å²) < 4.78 is 11.0. The van der Waals surface area contributed by atoms with Crippen LogP contribution in [-0.4, -0.2) is 43.3 Å².